The van der Waals surface area contributed by atoms with Gasteiger partial charge in [0, 0.05) is 65.6 Å². The summed E-state index contributed by atoms with van der Waals surface area (Å²) in [4.78, 5) is 0. The second-order valence-corrected chi connectivity index (χ2v) is 23.2. The molecule has 0 aliphatic carbocycles. The highest BCUT2D eigenvalue weighted by molar-refractivity contribution is 6.19. The molecule has 0 aliphatic heterocycles. The van der Waals surface area contributed by atoms with E-state index < -0.39 is 0 Å². The van der Waals surface area contributed by atoms with Crippen molar-refractivity contribution in [2.75, 3.05) is 0 Å². The minimum atomic E-state index is 1.08. The van der Waals surface area contributed by atoms with Crippen LogP contribution in [0.15, 0.2) is 328 Å². The van der Waals surface area contributed by atoms with Crippen LogP contribution in [0.5, 0.6) is 0 Å². The van der Waals surface area contributed by atoms with Crippen molar-refractivity contribution in [2.45, 2.75) is 0 Å². The Morgan fingerprint density at radius 1 is 0.148 bits per heavy atom. The zero-order valence-corrected chi connectivity index (χ0v) is 48.0. The maximum Gasteiger partial charge on any atom is 0.0562 e. The van der Waals surface area contributed by atoms with Crippen molar-refractivity contribution in [3.63, 3.8) is 0 Å². The zero-order valence-electron chi connectivity index (χ0n) is 48.0. The monoisotopic (exact) mass is 1120 g/mol. The lowest BCUT2D eigenvalue weighted by Crippen LogP contribution is -2.03. The van der Waals surface area contributed by atoms with E-state index in [1.54, 1.807) is 0 Å². The molecule has 18 aromatic rings. The molecule has 0 amide bonds. The van der Waals surface area contributed by atoms with Gasteiger partial charge in [0.2, 0.25) is 0 Å². The van der Waals surface area contributed by atoms with Crippen molar-refractivity contribution in [3.05, 3.63) is 328 Å². The van der Waals surface area contributed by atoms with Crippen LogP contribution in [0.1, 0.15) is 0 Å². The number of para-hydroxylation sites is 4. The van der Waals surface area contributed by atoms with Gasteiger partial charge in [-0.1, -0.05) is 218 Å². The van der Waals surface area contributed by atoms with Crippen LogP contribution in [-0.4, -0.2) is 18.3 Å². The molecule has 0 aliphatic rings. The molecule has 0 N–H and O–H groups in total. The fourth-order valence-corrected chi connectivity index (χ4v) is 14.3. The zero-order chi connectivity index (χ0) is 57.8. The van der Waals surface area contributed by atoms with Gasteiger partial charge in [-0.3, -0.25) is 0 Å². The summed E-state index contributed by atoms with van der Waals surface area (Å²) in [5, 5.41) is 9.50. The molecule has 0 bridgehead atoms. The highest BCUT2D eigenvalue weighted by atomic mass is 15.0. The number of hydrogen-bond donors (Lipinski definition) is 0. The predicted molar refractivity (Wildman–Crippen MR) is 371 cm³/mol. The van der Waals surface area contributed by atoms with Crippen molar-refractivity contribution >= 4 is 87.2 Å². The van der Waals surface area contributed by atoms with Crippen LogP contribution in [0.4, 0.5) is 0 Å². The molecule has 4 nitrogen and oxygen atoms in total. The summed E-state index contributed by atoms with van der Waals surface area (Å²) >= 11 is 0. The van der Waals surface area contributed by atoms with E-state index in [1.807, 2.05) is 0 Å². The molecular formula is C84H54N4. The second kappa shape index (κ2) is 20.0. The Morgan fingerprint density at radius 3 is 0.705 bits per heavy atom. The molecule has 4 heteroatoms. The standard InChI is InChI=1S/C84H54N4/c1-7-23-55(24-8-1)59-39-43-77-67(47-59)68-48-60(56-25-9-2-10-26-56)40-44-78(68)87(77)83-53-81-71(65-35-19-21-37-75(65)85(81)63-31-15-5-16-32-63)51-73(83)74-52-72-66-36-20-22-38-76(66)86(64-33-17-6-18-34-64)82(72)54-84(74)88-79-45-41-61(57-27-11-3-12-28-57)49-69(79)70-50-62(42-46-80(70)88)58-29-13-4-14-30-58/h1-54H. The topological polar surface area (TPSA) is 19.7 Å². The number of nitrogens with zero attached hydrogens (tertiary/aromatic N) is 4. The molecule has 14 aromatic carbocycles. The third kappa shape index (κ3) is 7.79. The molecule has 0 saturated carbocycles. The Balaban J connectivity index is 1.03. The van der Waals surface area contributed by atoms with Gasteiger partial charge in [0.15, 0.2) is 0 Å². The van der Waals surface area contributed by atoms with Gasteiger partial charge in [-0.15, -0.1) is 0 Å². The van der Waals surface area contributed by atoms with Gasteiger partial charge >= 0.3 is 0 Å². The molecule has 88 heavy (non-hydrogen) atoms. The molecule has 0 radical (unpaired) electrons. The number of benzene rings is 14. The van der Waals surface area contributed by atoms with Crippen LogP contribution in [0.3, 0.4) is 0 Å². The van der Waals surface area contributed by atoms with Crippen LogP contribution < -0.4 is 0 Å². The molecule has 4 heterocycles. The lowest BCUT2D eigenvalue weighted by molar-refractivity contribution is 1.14. The van der Waals surface area contributed by atoms with Crippen LogP contribution in [-0.2, 0) is 0 Å². The maximum absolute atomic E-state index is 2.57. The molecule has 0 fully saturated rings. The van der Waals surface area contributed by atoms with Gasteiger partial charge in [-0.25, -0.2) is 0 Å². The van der Waals surface area contributed by atoms with E-state index in [-0.39, 0.29) is 0 Å². The summed E-state index contributed by atoms with van der Waals surface area (Å²) in [5.41, 5.74) is 25.2. The van der Waals surface area contributed by atoms with E-state index in [0.717, 1.165) is 78.0 Å². The summed E-state index contributed by atoms with van der Waals surface area (Å²) in [6.07, 6.45) is 0. The third-order valence-corrected chi connectivity index (χ3v) is 18.3. The number of aromatic nitrogens is 4. The van der Waals surface area contributed by atoms with E-state index in [2.05, 4.69) is 346 Å². The van der Waals surface area contributed by atoms with Crippen molar-refractivity contribution in [3.8, 4) is 78.4 Å². The normalized spacial score (nSPS) is 11.9. The number of hydrogen-bond acceptors (Lipinski definition) is 0. The first-order valence-electron chi connectivity index (χ1n) is 30.3. The Morgan fingerprint density at radius 2 is 0.398 bits per heavy atom. The number of rotatable bonds is 9. The van der Waals surface area contributed by atoms with Gasteiger partial charge in [-0.05, 0) is 154 Å². The molecule has 0 spiro atoms. The smallest absolute Gasteiger partial charge is 0.0562 e. The summed E-state index contributed by atoms with van der Waals surface area (Å²) < 4.78 is 10.1. The second-order valence-electron chi connectivity index (χ2n) is 23.2. The van der Waals surface area contributed by atoms with E-state index in [4.69, 9.17) is 0 Å². The van der Waals surface area contributed by atoms with Crippen molar-refractivity contribution in [1.29, 1.82) is 0 Å². The first kappa shape index (κ1) is 49.7. The Labute approximate surface area is 508 Å². The van der Waals surface area contributed by atoms with Crippen molar-refractivity contribution in [1.82, 2.24) is 18.3 Å². The van der Waals surface area contributed by atoms with Gasteiger partial charge in [0.05, 0.1) is 55.5 Å². The van der Waals surface area contributed by atoms with Gasteiger partial charge in [0.25, 0.3) is 0 Å². The minimum absolute atomic E-state index is 1.08. The predicted octanol–water partition coefficient (Wildman–Crippen LogP) is 22.4. The summed E-state index contributed by atoms with van der Waals surface area (Å²) in [6.45, 7) is 0. The number of fused-ring (bicyclic) bond motifs is 12. The third-order valence-electron chi connectivity index (χ3n) is 18.3. The first-order valence-corrected chi connectivity index (χ1v) is 30.3. The molecular weight excluding hydrogens is 1060 g/mol. The van der Waals surface area contributed by atoms with Gasteiger partial charge in [0.1, 0.15) is 0 Å². The summed E-state index contributed by atoms with van der Waals surface area (Å²) in [6, 6.07) is 121. The van der Waals surface area contributed by atoms with Crippen LogP contribution >= 0.6 is 0 Å². The Bertz CT molecular complexity index is 5200. The van der Waals surface area contributed by atoms with Crippen LogP contribution in [0.25, 0.3) is 166 Å². The summed E-state index contributed by atoms with van der Waals surface area (Å²) in [7, 11) is 0. The lowest BCUT2D eigenvalue weighted by Gasteiger charge is -2.21. The van der Waals surface area contributed by atoms with E-state index in [0.29, 0.717) is 0 Å². The van der Waals surface area contributed by atoms with E-state index in [1.165, 1.54) is 87.6 Å². The first-order chi connectivity index (χ1) is 43.7. The quantitative estimate of drug-likeness (QED) is 0.137. The lowest BCUT2D eigenvalue weighted by atomic mass is 9.96. The fraction of sp³-hybridized carbons (Fsp3) is 0. The average molecular weight is 1120 g/mol. The van der Waals surface area contributed by atoms with Gasteiger partial charge < -0.3 is 18.3 Å². The molecule has 0 unspecified atom stereocenters. The van der Waals surface area contributed by atoms with E-state index in [9.17, 15) is 0 Å². The molecule has 410 valence electrons. The van der Waals surface area contributed by atoms with E-state index >= 15 is 0 Å². The van der Waals surface area contributed by atoms with Gasteiger partial charge in [-0.2, -0.15) is 0 Å². The SMILES string of the molecule is c1ccc(-c2ccc3c(c2)c2cc(-c4ccccc4)ccc2n3-c2cc3c(cc2-c2cc4c5ccccc5n(-c5ccccc5)c4cc2-n2c4ccc(-c5ccccc5)cc4c4cc(-c5ccccc5)ccc42)c2ccccc2n3-c2ccccc2)cc1. The van der Waals surface area contributed by atoms with Crippen LogP contribution in [0, 0.1) is 0 Å². The molecule has 0 atom stereocenters. The Hall–Kier alpha value is -11.7. The Kier molecular flexibility index (Phi) is 11.3. The summed E-state index contributed by atoms with van der Waals surface area (Å²) in [5.74, 6) is 0. The van der Waals surface area contributed by atoms with Crippen molar-refractivity contribution in [2.24, 2.45) is 0 Å². The van der Waals surface area contributed by atoms with Crippen molar-refractivity contribution < 1.29 is 0 Å². The largest absolute Gasteiger partial charge is 0.309 e. The minimum Gasteiger partial charge on any atom is -0.309 e. The highest BCUT2D eigenvalue weighted by Gasteiger charge is 2.27. The molecule has 0 saturated heterocycles. The fourth-order valence-electron chi connectivity index (χ4n) is 14.3. The molecule has 4 aromatic heterocycles. The highest BCUT2D eigenvalue weighted by Crippen LogP contribution is 2.49. The van der Waals surface area contributed by atoms with Crippen LogP contribution in [0.2, 0.25) is 0 Å². The molecule has 18 rings (SSSR count). The maximum atomic E-state index is 2.57. The average Bonchev–Trinajstić information content (AvgIpc) is 1.62.